The minimum absolute atomic E-state index is 0.421. The molecule has 4 rings (SSSR count). The number of piperidine rings is 1. The van der Waals surface area contributed by atoms with Crippen LogP contribution in [0.1, 0.15) is 12.0 Å². The second-order valence-corrected chi connectivity index (χ2v) is 6.62. The number of nitriles is 1. The molecule has 0 spiro atoms. The van der Waals surface area contributed by atoms with Gasteiger partial charge in [-0.3, -0.25) is 0 Å². The molecule has 3 heterocycles. The van der Waals surface area contributed by atoms with Gasteiger partial charge in [-0.05, 0) is 26.4 Å². The number of fused-ring (bicyclic) bond motifs is 2. The molecule has 2 atom stereocenters. The van der Waals surface area contributed by atoms with Crippen molar-refractivity contribution in [1.29, 1.82) is 5.26 Å². The van der Waals surface area contributed by atoms with Crippen molar-refractivity contribution in [2.45, 2.75) is 6.42 Å². The van der Waals surface area contributed by atoms with E-state index in [4.69, 9.17) is 0 Å². The SMILES string of the molecule is CN(C)CC12CC1CN(c1ncnc3[nH]cc(C#N)c13)C2. The minimum atomic E-state index is 0.421. The van der Waals surface area contributed by atoms with Crippen molar-refractivity contribution in [2.24, 2.45) is 11.3 Å². The molecule has 1 aliphatic heterocycles. The molecule has 0 radical (unpaired) electrons. The summed E-state index contributed by atoms with van der Waals surface area (Å²) in [6.45, 7) is 3.19. The van der Waals surface area contributed by atoms with E-state index in [1.54, 1.807) is 12.5 Å². The molecule has 108 valence electrons. The van der Waals surface area contributed by atoms with Crippen molar-refractivity contribution in [1.82, 2.24) is 19.9 Å². The first-order chi connectivity index (χ1) is 10.1. The van der Waals surface area contributed by atoms with Gasteiger partial charge in [0.05, 0.1) is 10.9 Å². The lowest BCUT2D eigenvalue weighted by molar-refractivity contribution is 0.314. The summed E-state index contributed by atoms with van der Waals surface area (Å²) in [7, 11) is 4.27. The smallest absolute Gasteiger partial charge is 0.144 e. The Hall–Kier alpha value is -2.13. The van der Waals surface area contributed by atoms with Crippen molar-refractivity contribution in [3.05, 3.63) is 18.1 Å². The van der Waals surface area contributed by atoms with Gasteiger partial charge >= 0.3 is 0 Å². The number of hydrogen-bond donors (Lipinski definition) is 1. The third-order valence-corrected chi connectivity index (χ3v) is 4.81. The Morgan fingerprint density at radius 3 is 3.14 bits per heavy atom. The van der Waals surface area contributed by atoms with E-state index < -0.39 is 0 Å². The normalized spacial score (nSPS) is 27.1. The molecule has 1 saturated carbocycles. The Labute approximate surface area is 123 Å². The number of rotatable bonds is 3. The standard InChI is InChI=1S/C15H18N6/c1-20(2)7-15-3-11(15)6-21(8-15)14-12-10(4-16)5-17-13(12)18-9-19-14/h5,9,11H,3,6-8H2,1-2H3,(H,17,18,19). The molecule has 1 aliphatic carbocycles. The maximum absolute atomic E-state index is 9.27. The fourth-order valence-electron chi connectivity index (χ4n) is 3.90. The molecule has 0 amide bonds. The lowest BCUT2D eigenvalue weighted by Crippen LogP contribution is -2.31. The van der Waals surface area contributed by atoms with Crippen LogP contribution in [0.3, 0.4) is 0 Å². The van der Waals surface area contributed by atoms with Crippen molar-refractivity contribution in [2.75, 3.05) is 38.6 Å². The summed E-state index contributed by atoms with van der Waals surface area (Å²) < 4.78 is 0. The van der Waals surface area contributed by atoms with Gasteiger partial charge in [0.2, 0.25) is 0 Å². The third kappa shape index (κ3) is 1.81. The topological polar surface area (TPSA) is 71.8 Å². The van der Waals surface area contributed by atoms with E-state index in [0.29, 0.717) is 11.0 Å². The number of hydrogen-bond acceptors (Lipinski definition) is 5. The van der Waals surface area contributed by atoms with Gasteiger partial charge in [0, 0.05) is 31.2 Å². The molecule has 0 aromatic carbocycles. The molecule has 2 aromatic rings. The second-order valence-electron chi connectivity index (χ2n) is 6.62. The molecule has 2 aliphatic rings. The predicted octanol–water partition coefficient (Wildman–Crippen LogP) is 1.22. The van der Waals surface area contributed by atoms with Crippen LogP contribution in [-0.2, 0) is 0 Å². The van der Waals surface area contributed by atoms with Gasteiger partial charge < -0.3 is 14.8 Å². The van der Waals surface area contributed by atoms with Crippen LogP contribution in [0.2, 0.25) is 0 Å². The Balaban J connectivity index is 1.70. The number of nitrogens with one attached hydrogen (secondary N) is 1. The molecule has 2 aromatic heterocycles. The molecular weight excluding hydrogens is 264 g/mol. The molecule has 2 fully saturated rings. The maximum Gasteiger partial charge on any atom is 0.144 e. The van der Waals surface area contributed by atoms with Gasteiger partial charge in [0.15, 0.2) is 0 Å². The third-order valence-electron chi connectivity index (χ3n) is 4.81. The van der Waals surface area contributed by atoms with E-state index in [2.05, 4.69) is 44.9 Å². The molecule has 0 bridgehead atoms. The number of H-pyrrole nitrogens is 1. The van der Waals surface area contributed by atoms with E-state index in [9.17, 15) is 5.26 Å². The van der Waals surface area contributed by atoms with Crippen molar-refractivity contribution < 1.29 is 0 Å². The largest absolute Gasteiger partial charge is 0.355 e. The summed E-state index contributed by atoms with van der Waals surface area (Å²) in [5.41, 5.74) is 1.80. The Bertz CT molecular complexity index is 742. The highest BCUT2D eigenvalue weighted by Gasteiger charge is 2.60. The fourth-order valence-corrected chi connectivity index (χ4v) is 3.90. The van der Waals surface area contributed by atoms with Crippen molar-refractivity contribution in [3.63, 3.8) is 0 Å². The first-order valence-electron chi connectivity index (χ1n) is 7.25. The molecule has 1 saturated heterocycles. The number of anilines is 1. The zero-order chi connectivity index (χ0) is 14.6. The molecule has 6 heteroatoms. The van der Waals surface area contributed by atoms with Crippen LogP contribution in [0.4, 0.5) is 5.82 Å². The monoisotopic (exact) mass is 282 g/mol. The van der Waals surface area contributed by atoms with Gasteiger partial charge in [-0.15, -0.1) is 0 Å². The fraction of sp³-hybridized carbons (Fsp3) is 0.533. The van der Waals surface area contributed by atoms with Crippen LogP contribution in [-0.4, -0.2) is 53.6 Å². The van der Waals surface area contributed by atoms with E-state index >= 15 is 0 Å². The highest BCUT2D eigenvalue weighted by atomic mass is 15.3. The number of aromatic nitrogens is 3. The molecule has 1 N–H and O–H groups in total. The Morgan fingerprint density at radius 1 is 1.52 bits per heavy atom. The highest BCUT2D eigenvalue weighted by Crippen LogP contribution is 2.58. The number of nitrogens with zero attached hydrogens (tertiary/aromatic N) is 5. The zero-order valence-corrected chi connectivity index (χ0v) is 12.3. The van der Waals surface area contributed by atoms with Gasteiger partial charge in [-0.2, -0.15) is 5.26 Å². The van der Waals surface area contributed by atoms with E-state index in [-0.39, 0.29) is 0 Å². The predicted molar refractivity (Wildman–Crippen MR) is 79.9 cm³/mol. The second kappa shape index (κ2) is 4.18. The molecular formula is C15H18N6. The van der Waals surface area contributed by atoms with E-state index in [1.165, 1.54) is 6.42 Å². The summed E-state index contributed by atoms with van der Waals surface area (Å²) in [5, 5.41) is 10.1. The highest BCUT2D eigenvalue weighted by molar-refractivity contribution is 5.93. The van der Waals surface area contributed by atoms with E-state index in [1.807, 2.05) is 0 Å². The van der Waals surface area contributed by atoms with Crippen molar-refractivity contribution in [3.8, 4) is 6.07 Å². The quantitative estimate of drug-likeness (QED) is 0.916. The van der Waals surface area contributed by atoms with Gasteiger partial charge in [-0.25, -0.2) is 9.97 Å². The minimum Gasteiger partial charge on any atom is -0.355 e. The average Bonchev–Trinajstić information content (AvgIpc) is 2.85. The van der Waals surface area contributed by atoms with Gasteiger partial charge in [0.1, 0.15) is 23.9 Å². The van der Waals surface area contributed by atoms with Crippen LogP contribution < -0.4 is 4.90 Å². The maximum atomic E-state index is 9.27. The van der Waals surface area contributed by atoms with Crippen LogP contribution in [0.25, 0.3) is 11.0 Å². The molecule has 6 nitrogen and oxygen atoms in total. The molecule has 21 heavy (non-hydrogen) atoms. The average molecular weight is 282 g/mol. The van der Waals surface area contributed by atoms with Crippen LogP contribution in [0.5, 0.6) is 0 Å². The first kappa shape index (κ1) is 12.6. The summed E-state index contributed by atoms with van der Waals surface area (Å²) >= 11 is 0. The summed E-state index contributed by atoms with van der Waals surface area (Å²) in [6.07, 6.45) is 4.61. The summed E-state index contributed by atoms with van der Waals surface area (Å²) in [4.78, 5) is 16.4. The van der Waals surface area contributed by atoms with Gasteiger partial charge in [0.25, 0.3) is 0 Å². The lowest BCUT2D eigenvalue weighted by atomic mass is 10.1. The number of aromatic amines is 1. The Kier molecular flexibility index (Phi) is 2.51. The first-order valence-corrected chi connectivity index (χ1v) is 7.25. The zero-order valence-electron chi connectivity index (χ0n) is 12.3. The lowest BCUT2D eigenvalue weighted by Gasteiger charge is -2.24. The van der Waals surface area contributed by atoms with Crippen LogP contribution in [0, 0.1) is 22.7 Å². The van der Waals surface area contributed by atoms with E-state index in [0.717, 1.165) is 42.4 Å². The summed E-state index contributed by atoms with van der Waals surface area (Å²) in [6, 6.07) is 2.23. The van der Waals surface area contributed by atoms with Crippen LogP contribution in [0.15, 0.2) is 12.5 Å². The van der Waals surface area contributed by atoms with Crippen molar-refractivity contribution >= 4 is 16.9 Å². The molecule has 2 unspecified atom stereocenters. The van der Waals surface area contributed by atoms with Gasteiger partial charge in [-0.1, -0.05) is 0 Å². The Morgan fingerprint density at radius 2 is 2.38 bits per heavy atom. The van der Waals surface area contributed by atoms with Crippen LogP contribution >= 0.6 is 0 Å². The summed E-state index contributed by atoms with van der Waals surface area (Å²) in [5.74, 6) is 1.66.